The standard InChI is InChI=1S/C23H25NO5/c1-26-16-7-9-19(21(12-16)28-3)20-5-4-10-24(20)14-15-11-23(25)29-22-13-17(27-2)6-8-18(15)22/h6-9,11-13,20H,4-5,10,14H2,1-3H3/p+1/t20-/m1/s1. The second kappa shape index (κ2) is 8.17. The average molecular weight is 396 g/mol. The third-order valence-electron chi connectivity index (χ3n) is 5.75. The van der Waals surface area contributed by atoms with Crippen LogP contribution in [0.15, 0.2) is 51.7 Å². The van der Waals surface area contributed by atoms with E-state index >= 15 is 0 Å². The Kier molecular flexibility index (Phi) is 5.45. The van der Waals surface area contributed by atoms with Crippen LogP contribution in [0.4, 0.5) is 0 Å². The summed E-state index contributed by atoms with van der Waals surface area (Å²) < 4.78 is 21.6. The van der Waals surface area contributed by atoms with Crippen molar-refractivity contribution in [3.8, 4) is 17.2 Å². The molecule has 1 fully saturated rings. The van der Waals surface area contributed by atoms with E-state index in [9.17, 15) is 4.79 Å². The van der Waals surface area contributed by atoms with Crippen molar-refractivity contribution in [2.75, 3.05) is 27.9 Å². The zero-order valence-electron chi connectivity index (χ0n) is 17.0. The smallest absolute Gasteiger partial charge is 0.336 e. The van der Waals surface area contributed by atoms with Gasteiger partial charge in [-0.05, 0) is 24.3 Å². The molecule has 1 saturated heterocycles. The summed E-state index contributed by atoms with van der Waals surface area (Å²) >= 11 is 0. The van der Waals surface area contributed by atoms with Crippen molar-refractivity contribution in [2.45, 2.75) is 25.4 Å². The second-order valence-electron chi connectivity index (χ2n) is 7.34. The number of likely N-dealkylation sites (tertiary alicyclic amines) is 1. The summed E-state index contributed by atoms with van der Waals surface area (Å²) in [5.41, 5.74) is 2.39. The maximum absolute atomic E-state index is 12.1. The van der Waals surface area contributed by atoms with E-state index in [-0.39, 0.29) is 5.63 Å². The number of quaternary nitrogens is 1. The van der Waals surface area contributed by atoms with Crippen LogP contribution < -0.4 is 24.7 Å². The molecule has 1 N–H and O–H groups in total. The molecule has 0 saturated carbocycles. The van der Waals surface area contributed by atoms with Crippen LogP contribution in [0.1, 0.15) is 30.0 Å². The Bertz CT molecular complexity index is 1070. The van der Waals surface area contributed by atoms with Crippen molar-refractivity contribution in [1.82, 2.24) is 0 Å². The van der Waals surface area contributed by atoms with Crippen LogP contribution >= 0.6 is 0 Å². The SMILES string of the molecule is COc1ccc([C@H]2CCC[NH+]2Cc2cc(=O)oc3cc(OC)ccc23)c(OC)c1. The molecule has 0 radical (unpaired) electrons. The topological polar surface area (TPSA) is 62.3 Å². The quantitative estimate of drug-likeness (QED) is 0.649. The molecule has 4 rings (SSSR count). The van der Waals surface area contributed by atoms with Crippen molar-refractivity contribution in [2.24, 2.45) is 0 Å². The third-order valence-corrected chi connectivity index (χ3v) is 5.75. The number of hydrogen-bond donors (Lipinski definition) is 1. The fourth-order valence-corrected chi connectivity index (χ4v) is 4.33. The van der Waals surface area contributed by atoms with Gasteiger partial charge in [-0.15, -0.1) is 0 Å². The zero-order valence-corrected chi connectivity index (χ0v) is 17.0. The first kappa shape index (κ1) is 19.3. The summed E-state index contributed by atoms with van der Waals surface area (Å²) in [6, 6.07) is 13.6. The highest BCUT2D eigenvalue weighted by atomic mass is 16.5. The maximum Gasteiger partial charge on any atom is 0.336 e. The molecule has 2 aromatic carbocycles. The predicted molar refractivity (Wildman–Crippen MR) is 110 cm³/mol. The average Bonchev–Trinajstić information content (AvgIpc) is 3.20. The molecule has 6 heteroatoms. The summed E-state index contributed by atoms with van der Waals surface area (Å²) in [5.74, 6) is 2.30. The fraction of sp³-hybridized carbons (Fsp3) is 0.348. The van der Waals surface area contributed by atoms with Gasteiger partial charge in [-0.25, -0.2) is 4.79 Å². The van der Waals surface area contributed by atoms with E-state index in [1.807, 2.05) is 24.3 Å². The Balaban J connectivity index is 1.68. The minimum atomic E-state index is -0.335. The van der Waals surface area contributed by atoms with E-state index in [1.165, 1.54) is 10.5 Å². The largest absolute Gasteiger partial charge is 0.497 e. The van der Waals surface area contributed by atoms with Crippen LogP contribution in [0.5, 0.6) is 17.2 Å². The van der Waals surface area contributed by atoms with Crippen molar-refractivity contribution in [3.63, 3.8) is 0 Å². The van der Waals surface area contributed by atoms with E-state index in [2.05, 4.69) is 6.07 Å². The molecule has 1 aliphatic rings. The summed E-state index contributed by atoms with van der Waals surface area (Å²) in [5, 5.41) is 0.949. The highest BCUT2D eigenvalue weighted by Crippen LogP contribution is 2.32. The molecule has 29 heavy (non-hydrogen) atoms. The molecule has 0 aliphatic carbocycles. The molecule has 6 nitrogen and oxygen atoms in total. The predicted octanol–water partition coefficient (Wildman–Crippen LogP) is 2.74. The van der Waals surface area contributed by atoms with Gasteiger partial charge in [0.2, 0.25) is 0 Å². The molecule has 0 amide bonds. The molecular formula is C23H26NO5+. The number of methoxy groups -OCH3 is 3. The van der Waals surface area contributed by atoms with Gasteiger partial charge in [-0.1, -0.05) is 0 Å². The van der Waals surface area contributed by atoms with E-state index in [0.717, 1.165) is 48.4 Å². The van der Waals surface area contributed by atoms with Crippen molar-refractivity contribution >= 4 is 11.0 Å². The van der Waals surface area contributed by atoms with Gasteiger partial charge in [0.1, 0.15) is 35.4 Å². The fourth-order valence-electron chi connectivity index (χ4n) is 4.33. The minimum absolute atomic E-state index is 0.302. The van der Waals surface area contributed by atoms with Crippen LogP contribution in [-0.4, -0.2) is 27.9 Å². The maximum atomic E-state index is 12.1. The lowest BCUT2D eigenvalue weighted by Gasteiger charge is -2.24. The highest BCUT2D eigenvalue weighted by Gasteiger charge is 2.33. The monoisotopic (exact) mass is 396 g/mol. The lowest BCUT2D eigenvalue weighted by molar-refractivity contribution is -0.931. The minimum Gasteiger partial charge on any atom is -0.497 e. The van der Waals surface area contributed by atoms with Gasteiger partial charge in [0.05, 0.1) is 33.4 Å². The van der Waals surface area contributed by atoms with Crippen molar-refractivity contribution in [3.05, 3.63) is 64.0 Å². The van der Waals surface area contributed by atoms with Gasteiger partial charge < -0.3 is 23.5 Å². The van der Waals surface area contributed by atoms with Gasteiger partial charge in [0.25, 0.3) is 0 Å². The molecule has 1 unspecified atom stereocenters. The Hall–Kier alpha value is -2.99. The molecule has 0 bridgehead atoms. The molecule has 1 aliphatic heterocycles. The molecular weight excluding hydrogens is 370 g/mol. The first-order chi connectivity index (χ1) is 14.1. The Morgan fingerprint density at radius 3 is 2.52 bits per heavy atom. The Morgan fingerprint density at radius 1 is 1.00 bits per heavy atom. The second-order valence-corrected chi connectivity index (χ2v) is 7.34. The molecule has 0 spiro atoms. The van der Waals surface area contributed by atoms with Crippen LogP contribution in [0.25, 0.3) is 11.0 Å². The molecule has 1 aromatic heterocycles. The number of ether oxygens (including phenoxy) is 3. The van der Waals surface area contributed by atoms with Crippen LogP contribution in [-0.2, 0) is 6.54 Å². The summed E-state index contributed by atoms with van der Waals surface area (Å²) in [4.78, 5) is 13.6. The first-order valence-corrected chi connectivity index (χ1v) is 9.80. The molecule has 3 aromatic rings. The number of hydrogen-bond acceptors (Lipinski definition) is 5. The van der Waals surface area contributed by atoms with Gasteiger partial charge in [0, 0.05) is 42.0 Å². The molecule has 2 heterocycles. The molecule has 2 atom stereocenters. The Labute approximate surface area is 169 Å². The van der Waals surface area contributed by atoms with E-state index in [0.29, 0.717) is 17.4 Å². The number of fused-ring (bicyclic) bond motifs is 1. The molecule has 152 valence electrons. The van der Waals surface area contributed by atoms with Crippen LogP contribution in [0.3, 0.4) is 0 Å². The lowest BCUT2D eigenvalue weighted by Crippen LogP contribution is -3.08. The van der Waals surface area contributed by atoms with E-state index < -0.39 is 0 Å². The third kappa shape index (κ3) is 3.80. The van der Waals surface area contributed by atoms with E-state index in [1.54, 1.807) is 33.5 Å². The first-order valence-electron chi connectivity index (χ1n) is 9.80. The highest BCUT2D eigenvalue weighted by molar-refractivity contribution is 5.81. The number of benzene rings is 2. The van der Waals surface area contributed by atoms with Crippen molar-refractivity contribution < 1.29 is 23.5 Å². The van der Waals surface area contributed by atoms with Gasteiger partial charge in [-0.2, -0.15) is 0 Å². The summed E-state index contributed by atoms with van der Waals surface area (Å²) in [7, 11) is 4.95. The normalized spacial score (nSPS) is 18.7. The van der Waals surface area contributed by atoms with Gasteiger partial charge in [0.15, 0.2) is 0 Å². The number of rotatable bonds is 6. The van der Waals surface area contributed by atoms with Gasteiger partial charge >= 0.3 is 5.63 Å². The van der Waals surface area contributed by atoms with Crippen molar-refractivity contribution in [1.29, 1.82) is 0 Å². The lowest BCUT2D eigenvalue weighted by atomic mass is 10.0. The zero-order chi connectivity index (χ0) is 20.4. The van der Waals surface area contributed by atoms with Gasteiger partial charge in [-0.3, -0.25) is 0 Å². The van der Waals surface area contributed by atoms with Crippen LogP contribution in [0.2, 0.25) is 0 Å². The number of nitrogens with one attached hydrogen (secondary N) is 1. The summed E-state index contributed by atoms with van der Waals surface area (Å²) in [6.07, 6.45) is 2.20. The summed E-state index contributed by atoms with van der Waals surface area (Å²) in [6.45, 7) is 1.78. The van der Waals surface area contributed by atoms with E-state index in [4.69, 9.17) is 18.6 Å². The van der Waals surface area contributed by atoms with Crippen LogP contribution in [0, 0.1) is 0 Å². The Morgan fingerprint density at radius 2 is 1.76 bits per heavy atom.